The van der Waals surface area contributed by atoms with Gasteiger partial charge in [-0.15, -0.1) is 0 Å². The van der Waals surface area contributed by atoms with Crippen LogP contribution >= 0.6 is 0 Å². The third kappa shape index (κ3) is 6.22. The number of ether oxygens (including phenoxy) is 1. The molecule has 2 aromatic carbocycles. The summed E-state index contributed by atoms with van der Waals surface area (Å²) in [6.45, 7) is 0.954. The van der Waals surface area contributed by atoms with Crippen LogP contribution in [0.5, 0.6) is 0 Å². The van der Waals surface area contributed by atoms with Crippen LogP contribution in [0.15, 0.2) is 70.1 Å². The number of rotatable bonds is 9. The number of aromatic nitrogens is 1. The largest absolute Gasteiger partial charge is 0.454 e. The van der Waals surface area contributed by atoms with Crippen molar-refractivity contribution >= 4 is 27.7 Å². The first-order chi connectivity index (χ1) is 15.2. The molecule has 0 saturated heterocycles. The number of hydrogen-bond donors (Lipinski definition) is 2. The van der Waals surface area contributed by atoms with Crippen LogP contribution in [0.25, 0.3) is 0 Å². The van der Waals surface area contributed by atoms with Crippen molar-refractivity contribution in [3.63, 3.8) is 0 Å². The quantitative estimate of drug-likeness (QED) is 0.468. The Morgan fingerprint density at radius 3 is 2.47 bits per heavy atom. The molecule has 2 N–H and O–H groups in total. The normalized spacial score (nSPS) is 12.2. The fraction of sp³-hybridized carbons (Fsp3) is 0.190. The van der Waals surface area contributed by atoms with Crippen LogP contribution in [0.4, 0.5) is 10.2 Å². The van der Waals surface area contributed by atoms with Crippen molar-refractivity contribution in [1.82, 2.24) is 9.88 Å². The predicted octanol–water partition coefficient (Wildman–Crippen LogP) is 2.19. The number of esters is 1. The molecule has 0 aliphatic heterocycles. The molecule has 1 aromatic heterocycles. The zero-order valence-corrected chi connectivity index (χ0v) is 17.8. The maximum atomic E-state index is 14.0. The van der Waals surface area contributed by atoms with Crippen LogP contribution in [-0.2, 0) is 30.8 Å². The lowest BCUT2D eigenvalue weighted by Crippen LogP contribution is -2.44. The topological polar surface area (TPSA) is 128 Å². The highest BCUT2D eigenvalue weighted by Crippen LogP contribution is 2.15. The number of anilines is 1. The minimum absolute atomic E-state index is 0.0720. The summed E-state index contributed by atoms with van der Waals surface area (Å²) in [5.74, 6) is -2.04. The van der Waals surface area contributed by atoms with Crippen LogP contribution < -0.4 is 10.0 Å². The lowest BCUT2D eigenvalue weighted by molar-refractivity contribution is -0.149. The molecule has 0 unspecified atom stereocenters. The van der Waals surface area contributed by atoms with Crippen molar-refractivity contribution < 1.29 is 31.7 Å². The molecule has 0 radical (unpaired) electrons. The van der Waals surface area contributed by atoms with Gasteiger partial charge in [0.25, 0.3) is 5.91 Å². The lowest BCUT2D eigenvalue weighted by Gasteiger charge is -2.18. The first-order valence-electron chi connectivity index (χ1n) is 9.45. The van der Waals surface area contributed by atoms with Crippen LogP contribution in [0.1, 0.15) is 11.3 Å². The van der Waals surface area contributed by atoms with Crippen LogP contribution in [0.2, 0.25) is 0 Å². The summed E-state index contributed by atoms with van der Waals surface area (Å²) >= 11 is 0. The van der Waals surface area contributed by atoms with Gasteiger partial charge in [-0.2, -0.15) is 4.72 Å². The van der Waals surface area contributed by atoms with Gasteiger partial charge in [0.2, 0.25) is 10.0 Å². The van der Waals surface area contributed by atoms with Crippen molar-refractivity contribution in [2.45, 2.75) is 24.3 Å². The molecule has 1 heterocycles. The number of amides is 1. The van der Waals surface area contributed by atoms with Gasteiger partial charge in [-0.1, -0.05) is 47.6 Å². The van der Waals surface area contributed by atoms with Crippen molar-refractivity contribution in [2.24, 2.45) is 0 Å². The molecule has 32 heavy (non-hydrogen) atoms. The predicted molar refractivity (Wildman–Crippen MR) is 111 cm³/mol. The molecule has 11 heteroatoms. The number of nitrogens with one attached hydrogen (secondary N) is 2. The molecule has 0 bridgehead atoms. The van der Waals surface area contributed by atoms with E-state index in [1.807, 2.05) is 0 Å². The first kappa shape index (κ1) is 23.1. The van der Waals surface area contributed by atoms with Gasteiger partial charge in [-0.05, 0) is 31.0 Å². The Morgan fingerprint density at radius 2 is 1.81 bits per heavy atom. The molecule has 9 nitrogen and oxygen atoms in total. The van der Waals surface area contributed by atoms with Crippen molar-refractivity contribution in [3.05, 3.63) is 77.8 Å². The standard InChI is InChI=1S/C21H20FN3O6S/c1-14-11-19(24-31-14)23-20(26)13-30-21(27)17(12-15-7-3-2-4-8-15)25-32(28,29)18-10-6-5-9-16(18)22/h2-11,17,25H,12-13H2,1H3,(H,23,24,26)/t17-/m0/s1. The van der Waals surface area contributed by atoms with E-state index in [9.17, 15) is 22.4 Å². The summed E-state index contributed by atoms with van der Waals surface area (Å²) < 4.78 is 51.4. The van der Waals surface area contributed by atoms with Gasteiger partial charge in [0.15, 0.2) is 12.4 Å². The summed E-state index contributed by atoms with van der Waals surface area (Å²) in [5, 5.41) is 5.97. The van der Waals surface area contributed by atoms with E-state index in [4.69, 9.17) is 9.26 Å². The molecule has 3 aromatic rings. The van der Waals surface area contributed by atoms with Gasteiger partial charge in [-0.3, -0.25) is 9.59 Å². The van der Waals surface area contributed by atoms with E-state index in [-0.39, 0.29) is 12.2 Å². The first-order valence-corrected chi connectivity index (χ1v) is 10.9. The average Bonchev–Trinajstić information content (AvgIpc) is 3.16. The van der Waals surface area contributed by atoms with E-state index in [1.54, 1.807) is 37.3 Å². The highest BCUT2D eigenvalue weighted by molar-refractivity contribution is 7.89. The second kappa shape index (κ2) is 10.2. The van der Waals surface area contributed by atoms with Gasteiger partial charge in [-0.25, -0.2) is 12.8 Å². The molecule has 0 spiro atoms. The van der Waals surface area contributed by atoms with E-state index in [0.717, 1.165) is 12.1 Å². The minimum Gasteiger partial charge on any atom is -0.454 e. The zero-order chi connectivity index (χ0) is 23.1. The van der Waals surface area contributed by atoms with E-state index in [1.165, 1.54) is 18.2 Å². The zero-order valence-electron chi connectivity index (χ0n) is 16.9. The highest BCUT2D eigenvalue weighted by Gasteiger charge is 2.29. The lowest BCUT2D eigenvalue weighted by atomic mass is 10.1. The molecule has 1 amide bonds. The van der Waals surface area contributed by atoms with Crippen LogP contribution in [0.3, 0.4) is 0 Å². The van der Waals surface area contributed by atoms with Gasteiger partial charge in [0.05, 0.1) is 0 Å². The monoisotopic (exact) mass is 461 g/mol. The second-order valence-electron chi connectivity index (χ2n) is 6.77. The number of sulfonamides is 1. The average molecular weight is 461 g/mol. The van der Waals surface area contributed by atoms with Gasteiger partial charge < -0.3 is 14.6 Å². The Balaban J connectivity index is 1.72. The van der Waals surface area contributed by atoms with Crippen LogP contribution in [0, 0.1) is 12.7 Å². The van der Waals surface area contributed by atoms with Crippen molar-refractivity contribution in [2.75, 3.05) is 11.9 Å². The van der Waals surface area contributed by atoms with Gasteiger partial charge in [0, 0.05) is 6.07 Å². The van der Waals surface area contributed by atoms with E-state index in [0.29, 0.717) is 11.3 Å². The SMILES string of the molecule is Cc1cc(NC(=O)COC(=O)[C@H](Cc2ccccc2)NS(=O)(=O)c2ccccc2F)no1. The number of halogens is 1. The number of aryl methyl sites for hydroxylation is 1. The number of nitrogens with zero attached hydrogens (tertiary/aromatic N) is 1. The summed E-state index contributed by atoms with van der Waals surface area (Å²) in [6, 6.07) is 13.4. The number of carbonyl (C=O) groups is 2. The Kier molecular flexibility index (Phi) is 7.33. The van der Waals surface area contributed by atoms with Gasteiger partial charge in [0.1, 0.15) is 22.5 Å². The third-order valence-corrected chi connectivity index (χ3v) is 5.74. The third-order valence-electron chi connectivity index (χ3n) is 4.23. The smallest absolute Gasteiger partial charge is 0.325 e. The highest BCUT2D eigenvalue weighted by atomic mass is 32.2. The molecule has 0 fully saturated rings. The summed E-state index contributed by atoms with van der Waals surface area (Å²) in [5.41, 5.74) is 0.633. The molecule has 3 rings (SSSR count). The van der Waals surface area contributed by atoms with E-state index in [2.05, 4.69) is 15.2 Å². The Hall–Kier alpha value is -3.57. The Morgan fingerprint density at radius 1 is 1.12 bits per heavy atom. The van der Waals surface area contributed by atoms with Crippen molar-refractivity contribution in [3.8, 4) is 0 Å². The maximum Gasteiger partial charge on any atom is 0.325 e. The second-order valence-corrected chi connectivity index (χ2v) is 8.46. The Labute approximate surface area is 183 Å². The molecule has 0 saturated carbocycles. The molecule has 1 atom stereocenters. The summed E-state index contributed by atoms with van der Waals surface area (Å²) in [4.78, 5) is 24.0. The van der Waals surface area contributed by atoms with E-state index < -0.39 is 45.3 Å². The molecule has 0 aliphatic carbocycles. The summed E-state index contributed by atoms with van der Waals surface area (Å²) in [7, 11) is -4.39. The van der Waals surface area contributed by atoms with E-state index >= 15 is 0 Å². The number of carbonyl (C=O) groups excluding carboxylic acids is 2. The van der Waals surface area contributed by atoms with Crippen molar-refractivity contribution in [1.29, 1.82) is 0 Å². The molecular formula is C21H20FN3O6S. The minimum atomic E-state index is -4.39. The fourth-order valence-electron chi connectivity index (χ4n) is 2.78. The Bertz CT molecular complexity index is 1200. The fourth-order valence-corrected chi connectivity index (χ4v) is 4.04. The summed E-state index contributed by atoms with van der Waals surface area (Å²) in [6.07, 6.45) is -0.0720. The molecular weight excluding hydrogens is 441 g/mol. The maximum absolute atomic E-state index is 14.0. The number of benzene rings is 2. The molecule has 0 aliphatic rings. The molecule has 168 valence electrons. The van der Waals surface area contributed by atoms with Gasteiger partial charge >= 0.3 is 5.97 Å². The van der Waals surface area contributed by atoms with Crippen LogP contribution in [-0.4, -0.2) is 38.1 Å². The number of hydrogen-bond acceptors (Lipinski definition) is 7.